The molecule has 488 valence electrons. The van der Waals surface area contributed by atoms with Crippen LogP contribution in [0.3, 0.4) is 0 Å². The van der Waals surface area contributed by atoms with Crippen LogP contribution in [0.15, 0.2) is 138 Å². The Bertz CT molecular complexity index is 4560. The van der Waals surface area contributed by atoms with Gasteiger partial charge in [-0.1, -0.05) is 78.1 Å². The van der Waals surface area contributed by atoms with Gasteiger partial charge in [0.05, 0.1) is 44.0 Å². The lowest BCUT2D eigenvalue weighted by Crippen LogP contribution is -2.19. The molecule has 0 aliphatic rings. The number of aromatic amines is 5. The van der Waals surface area contributed by atoms with E-state index in [1.54, 1.807) is 65.0 Å². The molecule has 0 amide bonds. The second-order valence-corrected chi connectivity index (χ2v) is 24.5. The molecule has 0 aliphatic heterocycles. The third-order valence-electron chi connectivity index (χ3n) is 14.6. The summed E-state index contributed by atoms with van der Waals surface area (Å²) >= 11 is 15.0. The maximum Gasteiger partial charge on any atom is 0.416 e. The van der Waals surface area contributed by atoms with E-state index in [4.69, 9.17) is 23.2 Å². The van der Waals surface area contributed by atoms with Crippen molar-refractivity contribution in [3.63, 3.8) is 0 Å². The second-order valence-electron chi connectivity index (χ2n) is 22.7. The molecule has 10 aromatic rings. The summed E-state index contributed by atoms with van der Waals surface area (Å²) in [6, 6.07) is 29.7. The number of hydrogen-bond donors (Lipinski definition) is 5. The van der Waals surface area contributed by atoms with Crippen LogP contribution < -0.4 is 27.8 Å². The summed E-state index contributed by atoms with van der Waals surface area (Å²) in [6.07, 6.45) is -4.43. The molecule has 93 heavy (non-hydrogen) atoms. The van der Waals surface area contributed by atoms with Gasteiger partial charge in [0.1, 0.15) is 27.8 Å². The molecule has 0 aliphatic carbocycles. The number of nitrogens with one attached hydrogen (secondary N) is 5. The first-order valence-corrected chi connectivity index (χ1v) is 30.0. The van der Waals surface area contributed by atoms with E-state index in [9.17, 15) is 61.1 Å². The minimum Gasteiger partial charge on any atom is -0.295 e. The van der Waals surface area contributed by atoms with Crippen LogP contribution in [-0.4, -0.2) is 77.8 Å². The van der Waals surface area contributed by atoms with Gasteiger partial charge in [-0.25, -0.2) is 23.4 Å². The molecule has 5 aromatic carbocycles. The minimum atomic E-state index is -4.43. The Morgan fingerprint density at radius 1 is 0.366 bits per heavy atom. The van der Waals surface area contributed by atoms with Gasteiger partial charge >= 0.3 is 6.18 Å². The monoisotopic (exact) mass is 1380 g/mol. The van der Waals surface area contributed by atoms with Gasteiger partial charge in [-0.2, -0.15) is 13.2 Å². The topological polar surface area (TPSA) is 274 Å². The Hall–Kier alpha value is -9.65. The van der Waals surface area contributed by atoms with Gasteiger partial charge in [0.15, 0.2) is 28.9 Å². The predicted octanol–water partition coefficient (Wildman–Crippen LogP) is 13.4. The van der Waals surface area contributed by atoms with Crippen molar-refractivity contribution in [2.45, 2.75) is 115 Å². The van der Waals surface area contributed by atoms with E-state index >= 15 is 0 Å². The Kier molecular flexibility index (Phi) is 22.8. The van der Waals surface area contributed by atoms with Gasteiger partial charge in [0.2, 0.25) is 0 Å². The number of ketones is 5. The fourth-order valence-corrected chi connectivity index (χ4v) is 10.3. The number of aromatic nitrogens is 10. The van der Waals surface area contributed by atoms with E-state index in [1.165, 1.54) is 76.6 Å². The fraction of sp³-hybridized carbons (Fsp3) is 0.254. The van der Waals surface area contributed by atoms with Gasteiger partial charge < -0.3 is 0 Å². The molecule has 5 N–H and O–H groups in total. The first-order chi connectivity index (χ1) is 43.3. The van der Waals surface area contributed by atoms with Crippen molar-refractivity contribution >= 4 is 68.0 Å². The molecule has 5 aromatic heterocycles. The molecule has 0 atom stereocenters. The number of nitrogens with zero attached hydrogens (tertiary/aromatic N) is 5. The predicted molar refractivity (Wildman–Crippen MR) is 357 cm³/mol. The molecule has 0 saturated heterocycles. The Balaban J connectivity index is 0.000000185. The lowest BCUT2D eigenvalue weighted by atomic mass is 9.87. The average molecular weight is 1380 g/mol. The number of aryl methyl sites for hydroxylation is 7. The lowest BCUT2D eigenvalue weighted by molar-refractivity contribution is -0.137. The van der Waals surface area contributed by atoms with Gasteiger partial charge in [-0.05, 0) is 196 Å². The smallest absolute Gasteiger partial charge is 0.295 e. The maximum atomic E-state index is 12.5. The van der Waals surface area contributed by atoms with Crippen LogP contribution in [0.4, 0.5) is 13.2 Å². The number of Topliss-reactive ketones (excluding diaryl/α,β-unsaturated/α-hetero) is 5. The molecule has 26 heteroatoms. The minimum absolute atomic E-state index is 0.00454. The summed E-state index contributed by atoms with van der Waals surface area (Å²) in [5.41, 5.74) is 7.37. The summed E-state index contributed by atoms with van der Waals surface area (Å²) in [4.78, 5) is 117. The Morgan fingerprint density at radius 2 is 0.624 bits per heavy atom. The standard InChI is InChI=1S/C16H20N2O2.C14H16N2O2.C13H11F3N2O2.C12H11BrN2O2.C12H10Cl2N2O2/c1-10-14(11(2)19)15(20)18(17-10)13-8-6-12(7-9-13)16(3,4)5;1-8-5-6-12(7-9(8)2)16-14(18)13(11(4)17)10(3)15-16;1-7-11(8(2)19)12(20)18(17-7)10-5-3-9(4-6-10)13(14,15)16;1-7-11(8(2)16)12(17)15(14-7)10-5-3-9(13)4-6-10;1-6-11(7(2)17)12(18)16(15-6)8-3-4-9(13)10(14)5-8/h6-9,17H,1-5H3;5-7,15H,1-4H3;3-6,17H,1-2H3;3-6,14H,1-2H3;3-5,15H,1-2H3. The first kappa shape index (κ1) is 72.4. The molecule has 0 radical (unpaired) electrons. The molecule has 10 rings (SSSR count). The summed E-state index contributed by atoms with van der Waals surface area (Å²) in [7, 11) is 0. The van der Waals surface area contributed by atoms with Crippen LogP contribution in [0.5, 0.6) is 0 Å². The molecule has 5 heterocycles. The molecule has 0 unspecified atom stereocenters. The van der Waals surface area contributed by atoms with E-state index in [2.05, 4.69) is 62.2 Å². The summed E-state index contributed by atoms with van der Waals surface area (Å²) in [5.74, 6) is -1.31. The number of rotatable bonds is 10. The highest BCUT2D eigenvalue weighted by Gasteiger charge is 2.30. The highest BCUT2D eigenvalue weighted by Crippen LogP contribution is 2.30. The lowest BCUT2D eigenvalue weighted by Gasteiger charge is -2.19. The number of hydrogen-bond acceptors (Lipinski definition) is 10. The van der Waals surface area contributed by atoms with E-state index in [-0.39, 0.29) is 78.7 Å². The zero-order valence-electron chi connectivity index (χ0n) is 53.5. The van der Waals surface area contributed by atoms with Gasteiger partial charge in [-0.15, -0.1) is 0 Å². The molecule has 20 nitrogen and oxygen atoms in total. The van der Waals surface area contributed by atoms with Crippen molar-refractivity contribution in [3.8, 4) is 28.4 Å². The highest BCUT2D eigenvalue weighted by molar-refractivity contribution is 9.10. The van der Waals surface area contributed by atoms with Crippen LogP contribution in [0.25, 0.3) is 28.4 Å². The van der Waals surface area contributed by atoms with Gasteiger partial charge in [0, 0.05) is 32.9 Å². The number of H-pyrrole nitrogens is 5. The van der Waals surface area contributed by atoms with Crippen LogP contribution in [0.2, 0.25) is 10.0 Å². The Labute approximate surface area is 549 Å². The zero-order valence-corrected chi connectivity index (χ0v) is 56.6. The molecular weight excluding hydrogens is 1310 g/mol. The second kappa shape index (κ2) is 29.3. The molecule has 0 spiro atoms. The van der Waals surface area contributed by atoms with E-state index in [1.807, 2.05) is 68.4 Å². The van der Waals surface area contributed by atoms with E-state index < -0.39 is 28.6 Å². The number of alkyl halides is 3. The average Bonchev–Trinajstić information content (AvgIpc) is 1.77. The van der Waals surface area contributed by atoms with Gasteiger partial charge in [0.25, 0.3) is 27.8 Å². The van der Waals surface area contributed by atoms with Crippen molar-refractivity contribution in [3.05, 3.63) is 254 Å². The third-order valence-corrected chi connectivity index (χ3v) is 15.8. The van der Waals surface area contributed by atoms with E-state index in [0.717, 1.165) is 38.2 Å². The SMILES string of the molecule is CC(=O)c1c(C)[nH]n(-c2ccc(Br)cc2)c1=O.CC(=O)c1c(C)[nH]n(-c2ccc(C(C)(C)C)cc2)c1=O.CC(=O)c1c(C)[nH]n(-c2ccc(C(F)(F)F)cc2)c1=O.CC(=O)c1c(C)[nH]n(-c2ccc(C)c(C)c2)c1=O.CC(=O)c1c(C)[nH]n(-c2ccc(Cl)c(Cl)c2)c1=O. The van der Waals surface area contributed by atoms with Crippen molar-refractivity contribution in [1.82, 2.24) is 48.9 Å². The normalized spacial score (nSPS) is 11.1. The van der Waals surface area contributed by atoms with Crippen molar-refractivity contribution in [2.75, 3.05) is 0 Å². The molecule has 0 fully saturated rings. The number of carbonyl (C=O) groups excluding carboxylic acids is 5. The van der Waals surface area contributed by atoms with Crippen LogP contribution in [0, 0.1) is 48.5 Å². The summed E-state index contributed by atoms with van der Waals surface area (Å²) in [6.45, 7) is 25.7. The van der Waals surface area contributed by atoms with Crippen molar-refractivity contribution in [2.24, 2.45) is 0 Å². The highest BCUT2D eigenvalue weighted by atomic mass is 79.9. The maximum absolute atomic E-state index is 12.5. The van der Waals surface area contributed by atoms with Crippen molar-refractivity contribution in [1.29, 1.82) is 0 Å². The van der Waals surface area contributed by atoms with Crippen LogP contribution in [0.1, 0.15) is 158 Å². The van der Waals surface area contributed by atoms with Crippen LogP contribution >= 0.6 is 39.1 Å². The summed E-state index contributed by atoms with van der Waals surface area (Å²) < 4.78 is 44.8. The fourth-order valence-electron chi connectivity index (χ4n) is 9.70. The largest absolute Gasteiger partial charge is 0.416 e. The molecule has 0 saturated carbocycles. The van der Waals surface area contributed by atoms with Crippen LogP contribution in [-0.2, 0) is 11.6 Å². The number of halogens is 6. The third kappa shape index (κ3) is 16.7. The number of carbonyl (C=O) groups is 5. The number of benzene rings is 5. The van der Waals surface area contributed by atoms with Crippen molar-refractivity contribution < 1.29 is 37.1 Å². The zero-order chi connectivity index (χ0) is 69.6. The molecule has 0 bridgehead atoms. The Morgan fingerprint density at radius 3 is 0.882 bits per heavy atom. The van der Waals surface area contributed by atoms with Gasteiger partial charge in [-0.3, -0.25) is 73.4 Å². The summed E-state index contributed by atoms with van der Waals surface area (Å²) in [5, 5.41) is 15.1. The molecular formula is C67H68BrCl2F3N10O10. The first-order valence-electron chi connectivity index (χ1n) is 28.5. The quantitative estimate of drug-likeness (QED) is 0.0808. The van der Waals surface area contributed by atoms with E-state index in [0.29, 0.717) is 49.9 Å².